The normalized spacial score (nSPS) is 28.3. The van der Waals surface area contributed by atoms with E-state index in [1.807, 2.05) is 0 Å². The minimum atomic E-state index is -0.0520. The predicted octanol–water partition coefficient (Wildman–Crippen LogP) is 1.71. The van der Waals surface area contributed by atoms with Crippen LogP contribution < -0.4 is 10.6 Å². The molecule has 2 heterocycles. The monoisotopic (exact) mass is 318 g/mol. The van der Waals surface area contributed by atoms with Gasteiger partial charge in [0.15, 0.2) is 0 Å². The van der Waals surface area contributed by atoms with Crippen molar-refractivity contribution in [2.45, 2.75) is 44.4 Å². The smallest absolute Gasteiger partial charge is 0.221 e. The van der Waals surface area contributed by atoms with Crippen LogP contribution in [0, 0.1) is 6.92 Å². The van der Waals surface area contributed by atoms with Crippen molar-refractivity contribution in [3.63, 3.8) is 0 Å². The van der Waals surface area contributed by atoms with Crippen molar-refractivity contribution < 1.29 is 14.3 Å². The molecule has 5 nitrogen and oxygen atoms in total. The molecule has 1 aromatic carbocycles. The van der Waals surface area contributed by atoms with Crippen molar-refractivity contribution in [1.82, 2.24) is 10.6 Å². The number of hydrogen-bond acceptors (Lipinski definition) is 4. The zero-order chi connectivity index (χ0) is 16.1. The van der Waals surface area contributed by atoms with Crippen LogP contribution in [0.5, 0.6) is 0 Å². The SMILES string of the molecule is Cc1ccc(C2OCCCC2NC(=O)CC2COCCN2)cc1. The van der Waals surface area contributed by atoms with Gasteiger partial charge in [0.1, 0.15) is 6.10 Å². The van der Waals surface area contributed by atoms with Crippen LogP contribution in [0.3, 0.4) is 0 Å². The van der Waals surface area contributed by atoms with Crippen LogP contribution in [0.15, 0.2) is 24.3 Å². The maximum absolute atomic E-state index is 12.3. The van der Waals surface area contributed by atoms with Crippen LogP contribution in [-0.2, 0) is 14.3 Å². The molecule has 1 aromatic rings. The van der Waals surface area contributed by atoms with Crippen molar-refractivity contribution >= 4 is 5.91 Å². The summed E-state index contributed by atoms with van der Waals surface area (Å²) in [6.45, 7) is 4.98. The van der Waals surface area contributed by atoms with Crippen molar-refractivity contribution in [2.75, 3.05) is 26.4 Å². The van der Waals surface area contributed by atoms with Crippen LogP contribution in [-0.4, -0.2) is 44.4 Å². The van der Waals surface area contributed by atoms with Gasteiger partial charge in [-0.05, 0) is 25.3 Å². The highest BCUT2D eigenvalue weighted by Gasteiger charge is 2.29. The molecular formula is C18H26N2O3. The lowest BCUT2D eigenvalue weighted by molar-refractivity contribution is -0.125. The van der Waals surface area contributed by atoms with Crippen LogP contribution in [0.25, 0.3) is 0 Å². The highest BCUT2D eigenvalue weighted by molar-refractivity contribution is 5.77. The zero-order valence-electron chi connectivity index (χ0n) is 13.7. The summed E-state index contributed by atoms with van der Waals surface area (Å²) < 4.78 is 11.4. The molecule has 2 aliphatic rings. The standard InChI is InChI=1S/C18H26N2O3/c1-13-4-6-14(7-5-13)18-16(3-2-9-23-18)20-17(21)11-15-12-22-10-8-19-15/h4-7,15-16,18-19H,2-3,8-12H2,1H3,(H,20,21). The fraction of sp³-hybridized carbons (Fsp3) is 0.611. The Morgan fingerprint density at radius 3 is 2.87 bits per heavy atom. The van der Waals surface area contributed by atoms with E-state index in [4.69, 9.17) is 9.47 Å². The Morgan fingerprint density at radius 1 is 1.30 bits per heavy atom. The number of rotatable bonds is 4. The molecule has 0 aromatic heterocycles. The minimum absolute atomic E-state index is 0.0449. The maximum atomic E-state index is 12.3. The van der Waals surface area contributed by atoms with E-state index in [1.165, 1.54) is 5.56 Å². The number of amides is 1. The number of aryl methyl sites for hydroxylation is 1. The van der Waals surface area contributed by atoms with Crippen molar-refractivity contribution in [1.29, 1.82) is 0 Å². The molecule has 3 unspecified atom stereocenters. The van der Waals surface area contributed by atoms with Crippen molar-refractivity contribution in [3.8, 4) is 0 Å². The van der Waals surface area contributed by atoms with E-state index < -0.39 is 0 Å². The predicted molar refractivity (Wildman–Crippen MR) is 88.3 cm³/mol. The number of morpholine rings is 1. The lowest BCUT2D eigenvalue weighted by Gasteiger charge is -2.33. The molecule has 3 rings (SSSR count). The third-order valence-electron chi connectivity index (χ3n) is 4.50. The second kappa shape index (κ2) is 7.90. The zero-order valence-corrected chi connectivity index (χ0v) is 13.7. The van der Waals surface area contributed by atoms with Gasteiger partial charge in [-0.15, -0.1) is 0 Å². The van der Waals surface area contributed by atoms with E-state index in [1.54, 1.807) is 0 Å². The first-order valence-corrected chi connectivity index (χ1v) is 8.51. The lowest BCUT2D eigenvalue weighted by atomic mass is 9.95. The van der Waals surface area contributed by atoms with Crippen LogP contribution in [0.4, 0.5) is 0 Å². The Kier molecular flexibility index (Phi) is 5.65. The average Bonchev–Trinajstić information content (AvgIpc) is 2.57. The first kappa shape index (κ1) is 16.4. The minimum Gasteiger partial charge on any atom is -0.378 e. The van der Waals surface area contributed by atoms with Crippen LogP contribution in [0.2, 0.25) is 0 Å². The summed E-state index contributed by atoms with van der Waals surface area (Å²) in [5.41, 5.74) is 2.37. The Morgan fingerprint density at radius 2 is 2.13 bits per heavy atom. The summed E-state index contributed by atoms with van der Waals surface area (Å²) in [6.07, 6.45) is 2.34. The van der Waals surface area contributed by atoms with E-state index in [2.05, 4.69) is 41.8 Å². The lowest BCUT2D eigenvalue weighted by Crippen LogP contribution is -2.47. The summed E-state index contributed by atoms with van der Waals surface area (Å²) >= 11 is 0. The molecule has 2 fully saturated rings. The highest BCUT2D eigenvalue weighted by Crippen LogP contribution is 2.28. The molecular weight excluding hydrogens is 292 g/mol. The maximum Gasteiger partial charge on any atom is 0.221 e. The molecule has 2 N–H and O–H groups in total. The summed E-state index contributed by atoms with van der Waals surface area (Å²) in [4.78, 5) is 12.3. The molecule has 0 bridgehead atoms. The van der Waals surface area contributed by atoms with E-state index >= 15 is 0 Å². The van der Waals surface area contributed by atoms with Gasteiger partial charge in [0, 0.05) is 25.6 Å². The van der Waals surface area contributed by atoms with E-state index in [-0.39, 0.29) is 24.1 Å². The van der Waals surface area contributed by atoms with E-state index in [9.17, 15) is 4.79 Å². The molecule has 0 aliphatic carbocycles. The van der Waals surface area contributed by atoms with E-state index in [0.29, 0.717) is 13.0 Å². The topological polar surface area (TPSA) is 59.6 Å². The highest BCUT2D eigenvalue weighted by atomic mass is 16.5. The average molecular weight is 318 g/mol. The summed E-state index contributed by atoms with van der Waals surface area (Å²) in [5.74, 6) is 0.0700. The molecule has 2 aliphatic heterocycles. The molecule has 5 heteroatoms. The Labute approximate surface area is 137 Å². The van der Waals surface area contributed by atoms with Gasteiger partial charge in [-0.2, -0.15) is 0 Å². The number of benzene rings is 1. The quantitative estimate of drug-likeness (QED) is 0.887. The first-order chi connectivity index (χ1) is 11.2. The first-order valence-electron chi connectivity index (χ1n) is 8.51. The van der Waals surface area contributed by atoms with Gasteiger partial charge in [0.05, 0.1) is 19.3 Å². The fourth-order valence-corrected chi connectivity index (χ4v) is 3.25. The third-order valence-corrected chi connectivity index (χ3v) is 4.50. The van der Waals surface area contributed by atoms with Crippen molar-refractivity contribution in [2.24, 2.45) is 0 Å². The number of carbonyl (C=O) groups excluding carboxylic acids is 1. The molecule has 0 spiro atoms. The van der Waals surface area contributed by atoms with Crippen molar-refractivity contribution in [3.05, 3.63) is 35.4 Å². The number of hydrogen-bond donors (Lipinski definition) is 2. The summed E-state index contributed by atoms with van der Waals surface area (Å²) in [7, 11) is 0. The third kappa shape index (κ3) is 4.53. The molecule has 23 heavy (non-hydrogen) atoms. The molecule has 0 radical (unpaired) electrons. The second-order valence-corrected chi connectivity index (χ2v) is 6.45. The van der Waals surface area contributed by atoms with Gasteiger partial charge in [-0.3, -0.25) is 4.79 Å². The van der Waals surface area contributed by atoms with Gasteiger partial charge in [-0.25, -0.2) is 0 Å². The molecule has 2 saturated heterocycles. The molecule has 126 valence electrons. The van der Waals surface area contributed by atoms with Crippen LogP contribution >= 0.6 is 0 Å². The van der Waals surface area contributed by atoms with E-state index in [0.717, 1.165) is 38.2 Å². The fourth-order valence-electron chi connectivity index (χ4n) is 3.25. The summed E-state index contributed by atoms with van der Waals surface area (Å²) in [5, 5.41) is 6.49. The van der Waals surface area contributed by atoms with Gasteiger partial charge in [-0.1, -0.05) is 29.8 Å². The van der Waals surface area contributed by atoms with Gasteiger partial charge >= 0.3 is 0 Å². The largest absolute Gasteiger partial charge is 0.378 e. The van der Waals surface area contributed by atoms with Gasteiger partial charge in [0.25, 0.3) is 0 Å². The molecule has 0 saturated carbocycles. The number of carbonyl (C=O) groups is 1. The Hall–Kier alpha value is -1.43. The Bertz CT molecular complexity index is 512. The van der Waals surface area contributed by atoms with Gasteiger partial charge in [0.2, 0.25) is 5.91 Å². The molecule has 1 amide bonds. The van der Waals surface area contributed by atoms with Crippen LogP contribution in [0.1, 0.15) is 36.5 Å². The number of ether oxygens (including phenoxy) is 2. The summed E-state index contributed by atoms with van der Waals surface area (Å²) in [6, 6.07) is 8.54. The Balaban J connectivity index is 1.59. The molecule has 3 atom stereocenters. The number of nitrogens with one attached hydrogen (secondary N) is 2. The second-order valence-electron chi connectivity index (χ2n) is 6.45. The van der Waals surface area contributed by atoms with Gasteiger partial charge < -0.3 is 20.1 Å².